The molecular formula is C17H18F3N. The van der Waals surface area contributed by atoms with Crippen LogP contribution in [0.4, 0.5) is 13.2 Å². The summed E-state index contributed by atoms with van der Waals surface area (Å²) in [5, 5.41) is 3.31. The highest BCUT2D eigenvalue weighted by molar-refractivity contribution is 5.64. The molecule has 1 atom stereocenters. The number of rotatable bonds is 5. The smallest absolute Gasteiger partial charge is 0.195 e. The summed E-state index contributed by atoms with van der Waals surface area (Å²) in [6.45, 7) is 5.04. The molecule has 0 spiro atoms. The Balaban J connectivity index is 2.21. The van der Waals surface area contributed by atoms with Crippen LogP contribution in [0.25, 0.3) is 11.1 Å². The molecule has 0 amide bonds. The summed E-state index contributed by atoms with van der Waals surface area (Å²) >= 11 is 0. The first-order chi connectivity index (χ1) is 10.0. The van der Waals surface area contributed by atoms with Gasteiger partial charge in [-0.3, -0.25) is 0 Å². The Morgan fingerprint density at radius 1 is 0.952 bits per heavy atom. The molecule has 0 aliphatic carbocycles. The van der Waals surface area contributed by atoms with E-state index in [1.165, 1.54) is 6.07 Å². The Morgan fingerprint density at radius 3 is 2.24 bits per heavy atom. The van der Waals surface area contributed by atoms with E-state index in [0.717, 1.165) is 24.6 Å². The molecular weight excluding hydrogens is 275 g/mol. The van der Waals surface area contributed by atoms with E-state index in [-0.39, 0.29) is 5.56 Å². The summed E-state index contributed by atoms with van der Waals surface area (Å²) in [6.07, 6.45) is 0.856. The maximum absolute atomic E-state index is 13.7. The molecule has 0 aliphatic heterocycles. The highest BCUT2D eigenvalue weighted by atomic mass is 19.2. The molecule has 1 nitrogen and oxygen atoms in total. The Labute approximate surface area is 122 Å². The van der Waals surface area contributed by atoms with Crippen LogP contribution in [0, 0.1) is 17.5 Å². The zero-order valence-electron chi connectivity index (χ0n) is 12.1. The van der Waals surface area contributed by atoms with E-state index in [0.29, 0.717) is 11.6 Å². The van der Waals surface area contributed by atoms with Gasteiger partial charge in [0.25, 0.3) is 0 Å². The SMILES string of the molecule is CCNC(C)Cc1ccc(-c2ccc(F)c(F)c2F)cc1. The molecule has 0 bridgehead atoms. The van der Waals surface area contributed by atoms with Crippen molar-refractivity contribution in [3.63, 3.8) is 0 Å². The van der Waals surface area contributed by atoms with Gasteiger partial charge in [0.05, 0.1) is 0 Å². The third kappa shape index (κ3) is 3.64. The zero-order chi connectivity index (χ0) is 15.4. The largest absolute Gasteiger partial charge is 0.314 e. The van der Waals surface area contributed by atoms with Gasteiger partial charge >= 0.3 is 0 Å². The van der Waals surface area contributed by atoms with E-state index in [1.54, 1.807) is 12.1 Å². The van der Waals surface area contributed by atoms with Crippen molar-refractivity contribution in [2.75, 3.05) is 6.54 Å². The highest BCUT2D eigenvalue weighted by Crippen LogP contribution is 2.26. The number of hydrogen-bond donors (Lipinski definition) is 1. The van der Waals surface area contributed by atoms with E-state index < -0.39 is 17.5 Å². The van der Waals surface area contributed by atoms with Crippen molar-refractivity contribution >= 4 is 0 Å². The third-order valence-electron chi connectivity index (χ3n) is 3.39. The lowest BCUT2D eigenvalue weighted by molar-refractivity contribution is 0.449. The maximum atomic E-state index is 13.7. The van der Waals surface area contributed by atoms with Gasteiger partial charge < -0.3 is 5.32 Å². The van der Waals surface area contributed by atoms with Crippen LogP contribution in [0.2, 0.25) is 0 Å². The fraction of sp³-hybridized carbons (Fsp3) is 0.294. The minimum absolute atomic E-state index is 0.0696. The van der Waals surface area contributed by atoms with Crippen molar-refractivity contribution < 1.29 is 13.2 Å². The van der Waals surface area contributed by atoms with Crippen LogP contribution in [0.3, 0.4) is 0 Å². The lowest BCUT2D eigenvalue weighted by Crippen LogP contribution is -2.27. The average molecular weight is 293 g/mol. The minimum atomic E-state index is -1.43. The first-order valence-corrected chi connectivity index (χ1v) is 6.99. The van der Waals surface area contributed by atoms with Crippen LogP contribution in [-0.2, 0) is 6.42 Å². The first-order valence-electron chi connectivity index (χ1n) is 6.99. The Bertz CT molecular complexity index is 608. The van der Waals surface area contributed by atoms with Crippen molar-refractivity contribution in [1.29, 1.82) is 0 Å². The normalized spacial score (nSPS) is 12.4. The second kappa shape index (κ2) is 6.76. The van der Waals surface area contributed by atoms with Crippen molar-refractivity contribution in [2.24, 2.45) is 0 Å². The number of halogens is 3. The lowest BCUT2D eigenvalue weighted by atomic mass is 10.0. The molecule has 0 saturated carbocycles. The monoisotopic (exact) mass is 293 g/mol. The predicted octanol–water partition coefficient (Wildman–Crippen LogP) is 4.31. The molecule has 0 aromatic heterocycles. The Hall–Kier alpha value is -1.81. The van der Waals surface area contributed by atoms with Crippen LogP contribution >= 0.6 is 0 Å². The first kappa shape index (κ1) is 15.6. The summed E-state index contributed by atoms with van der Waals surface area (Å²) in [5.74, 6) is -3.76. The van der Waals surface area contributed by atoms with Gasteiger partial charge in [-0.1, -0.05) is 31.2 Å². The molecule has 0 fully saturated rings. The molecule has 2 aromatic carbocycles. The van der Waals surface area contributed by atoms with Gasteiger partial charge in [-0.2, -0.15) is 0 Å². The van der Waals surface area contributed by atoms with Crippen LogP contribution < -0.4 is 5.32 Å². The van der Waals surface area contributed by atoms with Crippen LogP contribution in [0.5, 0.6) is 0 Å². The molecule has 0 heterocycles. The molecule has 1 unspecified atom stereocenters. The summed E-state index contributed by atoms with van der Waals surface area (Å²) in [5.41, 5.74) is 1.71. The number of nitrogens with one attached hydrogen (secondary N) is 1. The van der Waals surface area contributed by atoms with Gasteiger partial charge in [0, 0.05) is 11.6 Å². The fourth-order valence-electron chi connectivity index (χ4n) is 2.34. The van der Waals surface area contributed by atoms with Crippen LogP contribution in [-0.4, -0.2) is 12.6 Å². The van der Waals surface area contributed by atoms with Crippen LogP contribution in [0.1, 0.15) is 19.4 Å². The summed E-state index contributed by atoms with van der Waals surface area (Å²) in [6, 6.07) is 9.75. The summed E-state index contributed by atoms with van der Waals surface area (Å²) < 4.78 is 39.9. The quantitative estimate of drug-likeness (QED) is 0.810. The van der Waals surface area contributed by atoms with Crippen molar-refractivity contribution in [3.8, 4) is 11.1 Å². The number of likely N-dealkylation sites (N-methyl/N-ethyl adjacent to an activating group) is 1. The second-order valence-electron chi connectivity index (χ2n) is 5.08. The van der Waals surface area contributed by atoms with Gasteiger partial charge in [0.1, 0.15) is 0 Å². The molecule has 112 valence electrons. The van der Waals surface area contributed by atoms with Gasteiger partial charge in [0.15, 0.2) is 17.5 Å². The summed E-state index contributed by atoms with van der Waals surface area (Å²) in [7, 11) is 0. The zero-order valence-corrected chi connectivity index (χ0v) is 12.1. The van der Waals surface area contributed by atoms with Gasteiger partial charge in [-0.25, -0.2) is 13.2 Å². The van der Waals surface area contributed by atoms with Gasteiger partial charge in [-0.15, -0.1) is 0 Å². The van der Waals surface area contributed by atoms with E-state index in [4.69, 9.17) is 0 Å². The Morgan fingerprint density at radius 2 is 1.62 bits per heavy atom. The predicted molar refractivity (Wildman–Crippen MR) is 78.6 cm³/mol. The maximum Gasteiger partial charge on any atom is 0.195 e. The van der Waals surface area contributed by atoms with Crippen LogP contribution in [0.15, 0.2) is 36.4 Å². The van der Waals surface area contributed by atoms with Crippen molar-refractivity contribution in [3.05, 3.63) is 59.4 Å². The third-order valence-corrected chi connectivity index (χ3v) is 3.39. The standard InChI is InChI=1S/C17H18F3N/c1-3-21-11(2)10-12-4-6-13(7-5-12)14-8-9-15(18)17(20)16(14)19/h4-9,11,21H,3,10H2,1-2H3. The molecule has 4 heteroatoms. The lowest BCUT2D eigenvalue weighted by Gasteiger charge is -2.12. The molecule has 1 N–H and O–H groups in total. The van der Waals surface area contributed by atoms with E-state index in [9.17, 15) is 13.2 Å². The molecule has 0 aliphatic rings. The van der Waals surface area contributed by atoms with E-state index in [1.807, 2.05) is 19.1 Å². The molecule has 0 saturated heterocycles. The summed E-state index contributed by atoms with van der Waals surface area (Å²) in [4.78, 5) is 0. The number of hydrogen-bond acceptors (Lipinski definition) is 1. The van der Waals surface area contributed by atoms with Crippen molar-refractivity contribution in [1.82, 2.24) is 5.32 Å². The molecule has 2 rings (SSSR count). The average Bonchev–Trinajstić information content (AvgIpc) is 2.46. The molecule has 2 aromatic rings. The molecule has 0 radical (unpaired) electrons. The van der Waals surface area contributed by atoms with Crippen molar-refractivity contribution in [2.45, 2.75) is 26.3 Å². The second-order valence-corrected chi connectivity index (χ2v) is 5.08. The topological polar surface area (TPSA) is 12.0 Å². The fourth-order valence-corrected chi connectivity index (χ4v) is 2.34. The Kier molecular flexibility index (Phi) is 5.02. The minimum Gasteiger partial charge on any atom is -0.314 e. The highest BCUT2D eigenvalue weighted by Gasteiger charge is 2.14. The van der Waals surface area contributed by atoms with Gasteiger partial charge in [-0.05, 0) is 43.1 Å². The van der Waals surface area contributed by atoms with E-state index in [2.05, 4.69) is 12.2 Å². The molecule has 21 heavy (non-hydrogen) atoms. The number of benzene rings is 2. The van der Waals surface area contributed by atoms with Gasteiger partial charge in [0.2, 0.25) is 0 Å². The van der Waals surface area contributed by atoms with E-state index >= 15 is 0 Å².